The van der Waals surface area contributed by atoms with Gasteiger partial charge in [-0.2, -0.15) is 0 Å². The lowest BCUT2D eigenvalue weighted by Crippen LogP contribution is -2.52. The molecule has 1 saturated heterocycles. The summed E-state index contributed by atoms with van der Waals surface area (Å²) in [6.07, 6.45) is 13.4. The molecule has 0 bridgehead atoms. The lowest BCUT2D eigenvalue weighted by atomic mass is 9.97. The standard InChI is InChI=1S/C24H45N3O4/c1-3-4-5-6-7-8-9-10-11-14-23(29)26-21(15-16-22(25)28)24(30)27-17-12-13-20(18-27)19-31-2/h20-21H,3-19H2,1-2H3,(H2,25,28)(H,26,29)/t20-,21+/m0/s1. The molecule has 0 spiro atoms. The number of piperidine rings is 1. The largest absolute Gasteiger partial charge is 0.384 e. The van der Waals surface area contributed by atoms with Gasteiger partial charge in [0.1, 0.15) is 6.04 Å². The highest BCUT2D eigenvalue weighted by Crippen LogP contribution is 2.18. The Balaban J connectivity index is 2.39. The number of nitrogens with zero attached hydrogens (tertiary/aromatic N) is 1. The van der Waals surface area contributed by atoms with Gasteiger partial charge in [-0.3, -0.25) is 14.4 Å². The van der Waals surface area contributed by atoms with Gasteiger partial charge in [0.15, 0.2) is 0 Å². The number of ether oxygens (including phenoxy) is 1. The van der Waals surface area contributed by atoms with Crippen molar-refractivity contribution in [1.29, 1.82) is 0 Å². The highest BCUT2D eigenvalue weighted by atomic mass is 16.5. The summed E-state index contributed by atoms with van der Waals surface area (Å²) in [6.45, 7) is 4.16. The van der Waals surface area contributed by atoms with Gasteiger partial charge in [-0.05, 0) is 31.6 Å². The molecule has 2 atom stereocenters. The molecule has 1 fully saturated rings. The van der Waals surface area contributed by atoms with E-state index in [4.69, 9.17) is 10.5 Å². The average Bonchev–Trinajstić information content (AvgIpc) is 2.75. The second-order valence-corrected chi connectivity index (χ2v) is 8.95. The summed E-state index contributed by atoms with van der Waals surface area (Å²) in [6, 6.07) is -0.681. The third kappa shape index (κ3) is 12.7. The monoisotopic (exact) mass is 439 g/mol. The van der Waals surface area contributed by atoms with Gasteiger partial charge in [0.2, 0.25) is 17.7 Å². The molecule has 180 valence electrons. The molecule has 1 heterocycles. The van der Waals surface area contributed by atoms with Crippen LogP contribution in [0.15, 0.2) is 0 Å². The van der Waals surface area contributed by atoms with E-state index in [1.807, 2.05) is 0 Å². The molecule has 7 heteroatoms. The fraction of sp³-hybridized carbons (Fsp3) is 0.875. The Morgan fingerprint density at radius 3 is 2.29 bits per heavy atom. The summed E-state index contributed by atoms with van der Waals surface area (Å²) in [5, 5.41) is 2.87. The maximum Gasteiger partial charge on any atom is 0.245 e. The van der Waals surface area contributed by atoms with Crippen LogP contribution in [0.5, 0.6) is 0 Å². The fourth-order valence-electron chi connectivity index (χ4n) is 4.26. The summed E-state index contributed by atoms with van der Waals surface area (Å²) < 4.78 is 5.24. The van der Waals surface area contributed by atoms with Crippen LogP contribution in [0, 0.1) is 5.92 Å². The predicted molar refractivity (Wildman–Crippen MR) is 123 cm³/mol. The molecule has 3 amide bonds. The summed E-state index contributed by atoms with van der Waals surface area (Å²) in [5.41, 5.74) is 5.28. The first-order valence-corrected chi connectivity index (χ1v) is 12.3. The Bertz CT molecular complexity index is 525. The molecule has 0 aliphatic carbocycles. The smallest absolute Gasteiger partial charge is 0.245 e. The van der Waals surface area contributed by atoms with Crippen LogP contribution in [0.3, 0.4) is 0 Å². The quantitative estimate of drug-likeness (QED) is 0.338. The number of carbonyl (C=O) groups is 3. The normalized spacial score (nSPS) is 17.4. The number of nitrogens with two attached hydrogens (primary N) is 1. The van der Waals surface area contributed by atoms with Crippen molar-refractivity contribution in [3.05, 3.63) is 0 Å². The number of methoxy groups -OCH3 is 1. The summed E-state index contributed by atoms with van der Waals surface area (Å²) in [4.78, 5) is 38.5. The minimum absolute atomic E-state index is 0.0874. The number of carbonyl (C=O) groups excluding carboxylic acids is 3. The topological polar surface area (TPSA) is 102 Å². The molecule has 0 aromatic rings. The van der Waals surface area contributed by atoms with Gasteiger partial charge in [0.25, 0.3) is 0 Å². The zero-order valence-corrected chi connectivity index (χ0v) is 19.8. The third-order valence-corrected chi connectivity index (χ3v) is 6.05. The number of rotatable bonds is 17. The van der Waals surface area contributed by atoms with Gasteiger partial charge >= 0.3 is 0 Å². The molecular weight excluding hydrogens is 394 g/mol. The van der Waals surface area contributed by atoms with Crippen molar-refractivity contribution in [1.82, 2.24) is 10.2 Å². The zero-order valence-electron chi connectivity index (χ0n) is 19.8. The SMILES string of the molecule is CCCCCCCCCCCC(=O)N[C@H](CCC(N)=O)C(=O)N1CCC[C@H](COC)C1. The minimum Gasteiger partial charge on any atom is -0.384 e. The molecule has 0 saturated carbocycles. The lowest BCUT2D eigenvalue weighted by molar-refractivity contribution is -0.138. The Hall–Kier alpha value is -1.63. The van der Waals surface area contributed by atoms with Crippen LogP contribution in [0.2, 0.25) is 0 Å². The second-order valence-electron chi connectivity index (χ2n) is 8.95. The van der Waals surface area contributed by atoms with E-state index in [1.165, 1.54) is 38.5 Å². The fourth-order valence-corrected chi connectivity index (χ4v) is 4.26. The molecule has 0 aromatic carbocycles. The van der Waals surface area contributed by atoms with E-state index in [1.54, 1.807) is 12.0 Å². The molecule has 0 radical (unpaired) electrons. The van der Waals surface area contributed by atoms with Crippen molar-refractivity contribution >= 4 is 17.7 Å². The van der Waals surface area contributed by atoms with Crippen LogP contribution in [-0.4, -0.2) is 55.5 Å². The van der Waals surface area contributed by atoms with E-state index < -0.39 is 11.9 Å². The molecule has 1 rings (SSSR count). The van der Waals surface area contributed by atoms with E-state index in [9.17, 15) is 14.4 Å². The molecule has 1 aliphatic rings. The Morgan fingerprint density at radius 1 is 1.03 bits per heavy atom. The molecule has 3 N–H and O–H groups in total. The molecule has 31 heavy (non-hydrogen) atoms. The van der Waals surface area contributed by atoms with Crippen LogP contribution < -0.4 is 11.1 Å². The average molecular weight is 440 g/mol. The van der Waals surface area contributed by atoms with Crippen LogP contribution in [-0.2, 0) is 19.1 Å². The van der Waals surface area contributed by atoms with Crippen molar-refractivity contribution in [2.75, 3.05) is 26.8 Å². The van der Waals surface area contributed by atoms with Crippen molar-refractivity contribution < 1.29 is 19.1 Å². The second kappa shape index (κ2) is 17.0. The van der Waals surface area contributed by atoms with Crippen LogP contribution in [0.4, 0.5) is 0 Å². The first kappa shape index (κ1) is 27.4. The van der Waals surface area contributed by atoms with E-state index in [-0.39, 0.29) is 24.7 Å². The number of hydrogen-bond donors (Lipinski definition) is 2. The van der Waals surface area contributed by atoms with Gasteiger partial charge in [-0.25, -0.2) is 0 Å². The maximum absolute atomic E-state index is 13.0. The van der Waals surface area contributed by atoms with Gasteiger partial charge in [-0.1, -0.05) is 58.3 Å². The predicted octanol–water partition coefficient (Wildman–Crippen LogP) is 3.54. The van der Waals surface area contributed by atoms with E-state index >= 15 is 0 Å². The van der Waals surface area contributed by atoms with Crippen LogP contribution in [0.25, 0.3) is 0 Å². The number of amides is 3. The highest BCUT2D eigenvalue weighted by molar-refractivity contribution is 5.88. The van der Waals surface area contributed by atoms with Gasteiger partial charge in [0.05, 0.1) is 6.61 Å². The Kier molecular flexibility index (Phi) is 15.0. The van der Waals surface area contributed by atoms with Gasteiger partial charge in [-0.15, -0.1) is 0 Å². The van der Waals surface area contributed by atoms with E-state index in [2.05, 4.69) is 12.2 Å². The molecule has 0 unspecified atom stereocenters. The molecule has 1 aliphatic heterocycles. The van der Waals surface area contributed by atoms with Crippen LogP contribution >= 0.6 is 0 Å². The van der Waals surface area contributed by atoms with Gasteiger partial charge < -0.3 is 20.7 Å². The Labute approximate surface area is 188 Å². The van der Waals surface area contributed by atoms with E-state index in [0.717, 1.165) is 32.1 Å². The van der Waals surface area contributed by atoms with Crippen LogP contribution in [0.1, 0.15) is 96.8 Å². The lowest BCUT2D eigenvalue weighted by Gasteiger charge is -2.35. The molecule has 0 aromatic heterocycles. The number of nitrogens with one attached hydrogen (secondary N) is 1. The third-order valence-electron chi connectivity index (χ3n) is 6.05. The number of primary amides is 1. The maximum atomic E-state index is 13.0. The van der Waals surface area contributed by atoms with E-state index in [0.29, 0.717) is 32.0 Å². The van der Waals surface area contributed by atoms with Crippen molar-refractivity contribution in [3.8, 4) is 0 Å². The molecular formula is C24H45N3O4. The van der Waals surface area contributed by atoms with Crippen molar-refractivity contribution in [2.24, 2.45) is 11.7 Å². The van der Waals surface area contributed by atoms with Gasteiger partial charge in [0, 0.05) is 33.0 Å². The first-order valence-electron chi connectivity index (χ1n) is 12.3. The highest BCUT2D eigenvalue weighted by Gasteiger charge is 2.30. The number of hydrogen-bond acceptors (Lipinski definition) is 4. The Morgan fingerprint density at radius 2 is 1.68 bits per heavy atom. The summed E-state index contributed by atoms with van der Waals surface area (Å²) >= 11 is 0. The summed E-state index contributed by atoms with van der Waals surface area (Å²) in [5.74, 6) is -0.363. The molecule has 7 nitrogen and oxygen atoms in total. The zero-order chi connectivity index (χ0) is 22.9. The van der Waals surface area contributed by atoms with Crippen molar-refractivity contribution in [3.63, 3.8) is 0 Å². The first-order chi connectivity index (χ1) is 15.0. The number of unbranched alkanes of at least 4 members (excludes halogenated alkanes) is 8. The summed E-state index contributed by atoms with van der Waals surface area (Å²) in [7, 11) is 1.67. The number of likely N-dealkylation sites (tertiary alicyclic amines) is 1. The van der Waals surface area contributed by atoms with Crippen molar-refractivity contribution in [2.45, 2.75) is 103 Å². The minimum atomic E-state index is -0.681.